The van der Waals surface area contributed by atoms with Crippen molar-refractivity contribution in [2.45, 2.75) is 60.5 Å². The Morgan fingerprint density at radius 3 is 2.13 bits per heavy atom. The van der Waals surface area contributed by atoms with Crippen molar-refractivity contribution in [1.29, 1.82) is 0 Å². The molecule has 0 saturated carbocycles. The molecule has 0 aliphatic carbocycles. The molecule has 0 spiro atoms. The van der Waals surface area contributed by atoms with Crippen molar-refractivity contribution in [2.24, 2.45) is 17.3 Å². The van der Waals surface area contributed by atoms with E-state index in [4.69, 9.17) is 0 Å². The third-order valence-corrected chi connectivity index (χ3v) is 3.29. The Bertz CT molecular complexity index is 188. The Kier molecular flexibility index (Phi) is 6.19. The molecule has 90 valence electrons. The fraction of sp³-hybridized carbons (Fsp3) is 0.857. The lowest BCUT2D eigenvalue weighted by Gasteiger charge is -2.36. The highest BCUT2D eigenvalue weighted by atomic mass is 16.3. The van der Waals surface area contributed by atoms with Gasteiger partial charge in [-0.15, -0.1) is 0 Å². The topological polar surface area (TPSA) is 20.2 Å². The second kappa shape index (κ2) is 6.32. The summed E-state index contributed by atoms with van der Waals surface area (Å²) in [5.41, 5.74) is 0.193. The number of rotatable bonds is 5. The van der Waals surface area contributed by atoms with Crippen molar-refractivity contribution >= 4 is 0 Å². The van der Waals surface area contributed by atoms with Gasteiger partial charge in [0.15, 0.2) is 0 Å². The average molecular weight is 212 g/mol. The summed E-state index contributed by atoms with van der Waals surface area (Å²) in [4.78, 5) is 0. The van der Waals surface area contributed by atoms with E-state index in [1.54, 1.807) is 0 Å². The third-order valence-electron chi connectivity index (χ3n) is 3.29. The maximum atomic E-state index is 10.3. The molecule has 0 unspecified atom stereocenters. The molecule has 1 N–H and O–H groups in total. The molecule has 0 rings (SSSR count). The van der Waals surface area contributed by atoms with Gasteiger partial charge in [0.1, 0.15) is 0 Å². The van der Waals surface area contributed by atoms with Gasteiger partial charge in [0.2, 0.25) is 0 Å². The van der Waals surface area contributed by atoms with Crippen LogP contribution in [0.2, 0.25) is 0 Å². The molecule has 15 heavy (non-hydrogen) atoms. The monoisotopic (exact) mass is 212 g/mol. The van der Waals surface area contributed by atoms with Crippen LogP contribution in [-0.2, 0) is 0 Å². The van der Waals surface area contributed by atoms with E-state index in [1.807, 2.05) is 6.92 Å². The lowest BCUT2D eigenvalue weighted by Crippen LogP contribution is -2.35. The molecule has 0 aliphatic heterocycles. The Labute approximate surface area is 95.6 Å². The molecule has 3 atom stereocenters. The second-order valence-corrected chi connectivity index (χ2v) is 5.65. The molecule has 0 saturated heterocycles. The maximum absolute atomic E-state index is 10.3. The van der Waals surface area contributed by atoms with Crippen LogP contribution in [0.3, 0.4) is 0 Å². The molecule has 1 nitrogen and oxygen atoms in total. The standard InChI is InChI=1S/C14H28O/c1-7-9-10-11(3)13(15)12(8-2)14(4,5)6/h7,9,11-13,15H,8,10H2,1-6H3/b9-7+/t11-,12+,13-/m1/s1. The zero-order chi connectivity index (χ0) is 12.1. The molecule has 0 bridgehead atoms. The smallest absolute Gasteiger partial charge is 0.0601 e. The number of allylic oxidation sites excluding steroid dienone is 2. The van der Waals surface area contributed by atoms with E-state index in [0.29, 0.717) is 11.8 Å². The number of hydrogen-bond acceptors (Lipinski definition) is 1. The van der Waals surface area contributed by atoms with Gasteiger partial charge in [-0.3, -0.25) is 0 Å². The summed E-state index contributed by atoms with van der Waals surface area (Å²) in [6.45, 7) is 13.0. The van der Waals surface area contributed by atoms with E-state index in [-0.39, 0.29) is 11.5 Å². The van der Waals surface area contributed by atoms with Crippen LogP contribution in [0.1, 0.15) is 54.4 Å². The van der Waals surface area contributed by atoms with Crippen molar-refractivity contribution in [1.82, 2.24) is 0 Å². The van der Waals surface area contributed by atoms with E-state index >= 15 is 0 Å². The van der Waals surface area contributed by atoms with Gasteiger partial charge >= 0.3 is 0 Å². The summed E-state index contributed by atoms with van der Waals surface area (Å²) in [6.07, 6.45) is 6.03. The van der Waals surface area contributed by atoms with Crippen LogP contribution >= 0.6 is 0 Å². The van der Waals surface area contributed by atoms with Crippen LogP contribution in [0.5, 0.6) is 0 Å². The Morgan fingerprint density at radius 2 is 1.80 bits per heavy atom. The second-order valence-electron chi connectivity index (χ2n) is 5.65. The zero-order valence-corrected chi connectivity index (χ0v) is 11.2. The predicted octanol–water partition coefficient (Wildman–Crippen LogP) is 4.02. The minimum absolute atomic E-state index is 0.189. The molecule has 0 aromatic carbocycles. The van der Waals surface area contributed by atoms with Crippen LogP contribution in [0, 0.1) is 17.3 Å². The van der Waals surface area contributed by atoms with Crippen LogP contribution in [0.15, 0.2) is 12.2 Å². The fourth-order valence-corrected chi connectivity index (χ4v) is 2.25. The first-order chi connectivity index (χ1) is 6.84. The van der Waals surface area contributed by atoms with Crippen molar-refractivity contribution in [3.8, 4) is 0 Å². The summed E-state index contributed by atoms with van der Waals surface area (Å²) < 4.78 is 0. The molecule has 0 fully saturated rings. The molecule has 0 aliphatic rings. The van der Waals surface area contributed by atoms with Crippen LogP contribution in [0.25, 0.3) is 0 Å². The van der Waals surface area contributed by atoms with Gasteiger partial charge in [0.05, 0.1) is 6.10 Å². The van der Waals surface area contributed by atoms with Gasteiger partial charge in [0.25, 0.3) is 0 Å². The first-order valence-corrected chi connectivity index (χ1v) is 6.13. The lowest BCUT2D eigenvalue weighted by molar-refractivity contribution is 0.00396. The van der Waals surface area contributed by atoms with E-state index in [1.165, 1.54) is 0 Å². The highest BCUT2D eigenvalue weighted by molar-refractivity contribution is 4.87. The molecular formula is C14H28O. The SMILES string of the molecule is C/C=C/C[C@@H](C)[C@@H](O)[C@H](CC)C(C)(C)C. The summed E-state index contributed by atoms with van der Waals surface area (Å²) in [5.74, 6) is 0.739. The Morgan fingerprint density at radius 1 is 1.27 bits per heavy atom. The first kappa shape index (κ1) is 14.7. The highest BCUT2D eigenvalue weighted by Crippen LogP contribution is 2.34. The van der Waals surface area contributed by atoms with E-state index in [0.717, 1.165) is 12.8 Å². The summed E-state index contributed by atoms with van der Waals surface area (Å²) in [6, 6.07) is 0. The van der Waals surface area contributed by atoms with E-state index in [2.05, 4.69) is 46.8 Å². The predicted molar refractivity (Wildman–Crippen MR) is 67.8 cm³/mol. The largest absolute Gasteiger partial charge is 0.393 e. The quantitative estimate of drug-likeness (QED) is 0.682. The molecule has 0 heterocycles. The van der Waals surface area contributed by atoms with Crippen LogP contribution < -0.4 is 0 Å². The summed E-state index contributed by atoms with van der Waals surface area (Å²) in [7, 11) is 0. The van der Waals surface area contributed by atoms with E-state index < -0.39 is 0 Å². The average Bonchev–Trinajstić information content (AvgIpc) is 2.12. The summed E-state index contributed by atoms with van der Waals surface area (Å²) in [5, 5.41) is 10.3. The Hall–Kier alpha value is -0.300. The van der Waals surface area contributed by atoms with Crippen molar-refractivity contribution in [3.63, 3.8) is 0 Å². The van der Waals surface area contributed by atoms with E-state index in [9.17, 15) is 5.11 Å². The number of aliphatic hydroxyl groups is 1. The minimum Gasteiger partial charge on any atom is -0.393 e. The summed E-state index contributed by atoms with van der Waals surface area (Å²) >= 11 is 0. The van der Waals surface area contributed by atoms with Gasteiger partial charge in [-0.25, -0.2) is 0 Å². The number of aliphatic hydroxyl groups excluding tert-OH is 1. The van der Waals surface area contributed by atoms with Crippen molar-refractivity contribution < 1.29 is 5.11 Å². The highest BCUT2D eigenvalue weighted by Gasteiger charge is 2.32. The number of hydrogen-bond donors (Lipinski definition) is 1. The Balaban J connectivity index is 4.44. The van der Waals surface area contributed by atoms with Crippen molar-refractivity contribution in [3.05, 3.63) is 12.2 Å². The minimum atomic E-state index is -0.189. The van der Waals surface area contributed by atoms with Crippen LogP contribution in [-0.4, -0.2) is 11.2 Å². The third kappa shape index (κ3) is 4.83. The maximum Gasteiger partial charge on any atom is 0.0601 e. The molecule has 0 amide bonds. The van der Waals surface area contributed by atoms with Gasteiger partial charge in [-0.2, -0.15) is 0 Å². The normalized spacial score (nSPS) is 19.1. The van der Waals surface area contributed by atoms with Crippen LogP contribution in [0.4, 0.5) is 0 Å². The van der Waals surface area contributed by atoms with Gasteiger partial charge in [-0.05, 0) is 30.6 Å². The van der Waals surface area contributed by atoms with Crippen molar-refractivity contribution in [2.75, 3.05) is 0 Å². The molecular weight excluding hydrogens is 184 g/mol. The fourth-order valence-electron chi connectivity index (χ4n) is 2.25. The zero-order valence-electron chi connectivity index (χ0n) is 11.2. The molecule has 1 heteroatoms. The molecule has 0 aromatic rings. The van der Waals surface area contributed by atoms with Gasteiger partial charge in [0, 0.05) is 0 Å². The first-order valence-electron chi connectivity index (χ1n) is 6.13. The molecule has 0 radical (unpaired) electrons. The molecule has 0 aromatic heterocycles. The van der Waals surface area contributed by atoms with Gasteiger partial charge < -0.3 is 5.11 Å². The van der Waals surface area contributed by atoms with Gasteiger partial charge in [-0.1, -0.05) is 53.2 Å². The lowest BCUT2D eigenvalue weighted by atomic mass is 9.72.